The molecule has 0 spiro atoms. The number of hydrogen-bond acceptors (Lipinski definition) is 7. The maximum atomic E-state index is 11.6. The third kappa shape index (κ3) is 4.14. The average molecular weight is 389 g/mol. The summed E-state index contributed by atoms with van der Waals surface area (Å²) in [6.07, 6.45) is 5.53. The van der Waals surface area contributed by atoms with Crippen molar-refractivity contribution in [2.75, 3.05) is 31.1 Å². The van der Waals surface area contributed by atoms with Crippen molar-refractivity contribution in [3.05, 3.63) is 18.1 Å². The van der Waals surface area contributed by atoms with Gasteiger partial charge in [-0.1, -0.05) is 0 Å². The van der Waals surface area contributed by atoms with Crippen LogP contribution in [0.15, 0.2) is 12.4 Å². The van der Waals surface area contributed by atoms with Crippen molar-refractivity contribution in [2.24, 2.45) is 5.92 Å². The molecule has 2 aliphatic heterocycles. The molecule has 4 rings (SSSR count). The van der Waals surface area contributed by atoms with E-state index in [1.807, 2.05) is 4.90 Å². The molecule has 3 aliphatic rings. The molecule has 2 saturated heterocycles. The fraction of sp³-hybridized carbons (Fsp3) is 0.750. The van der Waals surface area contributed by atoms with Crippen molar-refractivity contribution < 1.29 is 9.53 Å². The molecule has 28 heavy (non-hydrogen) atoms. The molecule has 154 valence electrons. The molecule has 3 fully saturated rings. The number of rotatable bonds is 4. The van der Waals surface area contributed by atoms with E-state index in [-0.39, 0.29) is 18.1 Å². The lowest BCUT2D eigenvalue weighted by Gasteiger charge is -2.35. The maximum absolute atomic E-state index is 11.6. The Morgan fingerprint density at radius 1 is 1.18 bits per heavy atom. The van der Waals surface area contributed by atoms with Crippen LogP contribution in [0.25, 0.3) is 0 Å². The summed E-state index contributed by atoms with van der Waals surface area (Å²) in [7, 11) is 0. The quantitative estimate of drug-likeness (QED) is 0.803. The molecule has 0 radical (unpaired) electrons. The summed E-state index contributed by atoms with van der Waals surface area (Å²) in [6.45, 7) is 8.96. The van der Waals surface area contributed by atoms with Gasteiger partial charge in [-0.3, -0.25) is 10.2 Å². The van der Waals surface area contributed by atoms with Crippen LogP contribution in [0.2, 0.25) is 0 Å². The number of carbonyl (C=O) groups is 1. The topological polar surface area (TPSA) is 82.6 Å². The van der Waals surface area contributed by atoms with Crippen molar-refractivity contribution >= 4 is 11.7 Å². The van der Waals surface area contributed by atoms with E-state index in [4.69, 9.17) is 4.74 Å². The van der Waals surface area contributed by atoms with Crippen LogP contribution in [0, 0.1) is 5.92 Å². The number of anilines is 1. The number of carbonyl (C=O) groups excluding carboxylic acids is 1. The van der Waals surface area contributed by atoms with Crippen LogP contribution in [0.5, 0.6) is 0 Å². The molecule has 8 heteroatoms. The molecule has 3 heterocycles. The number of nitrogens with zero attached hydrogens (tertiary/aromatic N) is 4. The molecule has 1 aromatic rings. The first-order valence-electron chi connectivity index (χ1n) is 10.5. The third-order valence-electron chi connectivity index (χ3n) is 6.21. The van der Waals surface area contributed by atoms with Crippen LogP contribution in [-0.2, 0) is 9.53 Å². The van der Waals surface area contributed by atoms with Gasteiger partial charge in [-0.25, -0.2) is 15.4 Å². The molecule has 0 aromatic carbocycles. The highest BCUT2D eigenvalue weighted by atomic mass is 16.5. The lowest BCUT2D eigenvalue weighted by Crippen LogP contribution is -2.48. The third-order valence-corrected chi connectivity index (χ3v) is 6.21. The minimum absolute atomic E-state index is 0.144. The van der Waals surface area contributed by atoms with Gasteiger partial charge < -0.3 is 14.5 Å². The summed E-state index contributed by atoms with van der Waals surface area (Å²) in [5, 5.41) is 0. The largest absolute Gasteiger partial charge is 0.376 e. The first-order valence-corrected chi connectivity index (χ1v) is 10.5. The number of aromatic nitrogens is 2. The van der Waals surface area contributed by atoms with Crippen molar-refractivity contribution in [1.29, 1.82) is 0 Å². The van der Waals surface area contributed by atoms with Gasteiger partial charge >= 0.3 is 0 Å². The summed E-state index contributed by atoms with van der Waals surface area (Å²) in [4.78, 5) is 24.8. The predicted octanol–water partition coefficient (Wildman–Crippen LogP) is 1.26. The fourth-order valence-electron chi connectivity index (χ4n) is 4.77. The minimum atomic E-state index is 0.144. The molecule has 2 N–H and O–H groups in total. The van der Waals surface area contributed by atoms with E-state index >= 15 is 0 Å². The number of hydrogen-bond donors (Lipinski definition) is 2. The number of ether oxygens (including phenoxy) is 1. The molecule has 1 saturated carbocycles. The van der Waals surface area contributed by atoms with Crippen LogP contribution in [-0.4, -0.2) is 65.2 Å². The second kappa shape index (κ2) is 8.31. The molecule has 1 amide bonds. The van der Waals surface area contributed by atoms with Crippen LogP contribution in [0.4, 0.5) is 5.82 Å². The van der Waals surface area contributed by atoms with Crippen LogP contribution >= 0.6 is 0 Å². The Morgan fingerprint density at radius 3 is 2.68 bits per heavy atom. The standard InChI is InChI=1S/C20H32N6O2/c1-13(2)28-15-4-5-17-16(10-15)20(24-23-17)18-11-19(22-12-21-18)26-8-6-25(7-9-26)14(3)27/h11-13,15-17,20,23-24H,4-10H2,1-3H3. The van der Waals surface area contributed by atoms with E-state index in [9.17, 15) is 4.79 Å². The van der Waals surface area contributed by atoms with Crippen molar-refractivity contribution in [1.82, 2.24) is 25.7 Å². The van der Waals surface area contributed by atoms with Crippen molar-refractivity contribution in [3.63, 3.8) is 0 Å². The van der Waals surface area contributed by atoms with Gasteiger partial charge in [0.2, 0.25) is 5.91 Å². The normalized spacial score (nSPS) is 30.6. The lowest BCUT2D eigenvalue weighted by molar-refractivity contribution is -0.129. The Labute approximate surface area is 167 Å². The smallest absolute Gasteiger partial charge is 0.219 e. The summed E-state index contributed by atoms with van der Waals surface area (Å²) in [5.41, 5.74) is 7.98. The molecule has 0 bridgehead atoms. The van der Waals surface area contributed by atoms with Gasteiger partial charge in [0.15, 0.2) is 0 Å². The van der Waals surface area contributed by atoms with Gasteiger partial charge in [-0.2, -0.15) is 0 Å². The second-order valence-corrected chi connectivity index (χ2v) is 8.45. The number of hydrazine groups is 1. The molecule has 4 atom stereocenters. The molecule has 1 aliphatic carbocycles. The Kier molecular flexibility index (Phi) is 5.80. The molecule has 1 aromatic heterocycles. The SMILES string of the molecule is CC(=O)N1CCN(c2cc(C3NNC4CCC(OC(C)C)CC43)ncn2)CC1. The molecular weight excluding hydrogens is 356 g/mol. The van der Waals surface area contributed by atoms with Crippen molar-refractivity contribution in [3.8, 4) is 0 Å². The Morgan fingerprint density at radius 2 is 1.96 bits per heavy atom. The van der Waals surface area contributed by atoms with E-state index in [2.05, 4.69) is 45.6 Å². The zero-order valence-corrected chi connectivity index (χ0v) is 17.1. The van der Waals surface area contributed by atoms with E-state index in [1.54, 1.807) is 13.3 Å². The van der Waals surface area contributed by atoms with Gasteiger partial charge in [0.05, 0.1) is 23.9 Å². The predicted molar refractivity (Wildman–Crippen MR) is 107 cm³/mol. The molecular formula is C20H32N6O2. The van der Waals surface area contributed by atoms with Crippen LogP contribution < -0.4 is 15.8 Å². The summed E-state index contributed by atoms with van der Waals surface area (Å²) < 4.78 is 6.10. The Balaban J connectivity index is 1.45. The lowest BCUT2D eigenvalue weighted by atomic mass is 9.79. The zero-order chi connectivity index (χ0) is 19.7. The highest BCUT2D eigenvalue weighted by Gasteiger charge is 2.42. The first kappa shape index (κ1) is 19.5. The van der Waals surface area contributed by atoms with E-state index in [0.717, 1.165) is 57.0 Å². The number of fused-ring (bicyclic) bond motifs is 1. The highest BCUT2D eigenvalue weighted by Crippen LogP contribution is 2.39. The average Bonchev–Trinajstić information content (AvgIpc) is 3.11. The minimum Gasteiger partial charge on any atom is -0.376 e. The highest BCUT2D eigenvalue weighted by molar-refractivity contribution is 5.73. The fourth-order valence-corrected chi connectivity index (χ4v) is 4.77. The Hall–Kier alpha value is -1.77. The molecule has 8 nitrogen and oxygen atoms in total. The number of piperazine rings is 1. The van der Waals surface area contributed by atoms with Gasteiger partial charge in [-0.15, -0.1) is 0 Å². The summed E-state index contributed by atoms with van der Waals surface area (Å²) in [6, 6.07) is 2.75. The monoisotopic (exact) mass is 388 g/mol. The summed E-state index contributed by atoms with van der Waals surface area (Å²) >= 11 is 0. The second-order valence-electron chi connectivity index (χ2n) is 8.45. The van der Waals surface area contributed by atoms with Gasteiger partial charge in [0, 0.05) is 51.1 Å². The van der Waals surface area contributed by atoms with Gasteiger partial charge in [-0.05, 0) is 33.1 Å². The maximum Gasteiger partial charge on any atom is 0.219 e. The number of nitrogens with one attached hydrogen (secondary N) is 2. The van der Waals surface area contributed by atoms with Crippen LogP contribution in [0.3, 0.4) is 0 Å². The van der Waals surface area contributed by atoms with Gasteiger partial charge in [0.1, 0.15) is 12.1 Å². The van der Waals surface area contributed by atoms with Gasteiger partial charge in [0.25, 0.3) is 0 Å². The van der Waals surface area contributed by atoms with E-state index < -0.39 is 0 Å². The van der Waals surface area contributed by atoms with E-state index in [1.165, 1.54) is 0 Å². The summed E-state index contributed by atoms with van der Waals surface area (Å²) in [5.74, 6) is 1.56. The molecule has 4 unspecified atom stereocenters. The van der Waals surface area contributed by atoms with Crippen molar-refractivity contribution in [2.45, 2.75) is 64.3 Å². The Bertz CT molecular complexity index is 691. The van der Waals surface area contributed by atoms with E-state index in [0.29, 0.717) is 18.1 Å². The number of amides is 1. The van der Waals surface area contributed by atoms with Crippen LogP contribution in [0.1, 0.15) is 51.8 Å². The first-order chi connectivity index (χ1) is 13.5. The zero-order valence-electron chi connectivity index (χ0n) is 17.1.